The third kappa shape index (κ3) is 2.51. The van der Waals surface area contributed by atoms with Crippen LogP contribution < -0.4 is 0 Å². The summed E-state index contributed by atoms with van der Waals surface area (Å²) in [6.07, 6.45) is 0. The maximum Gasteiger partial charge on any atom is 0.205 e. The van der Waals surface area contributed by atoms with Crippen molar-refractivity contribution in [3.63, 3.8) is 0 Å². The molecule has 2 heterocycles. The summed E-state index contributed by atoms with van der Waals surface area (Å²) in [5.41, 5.74) is 1.81. The van der Waals surface area contributed by atoms with Crippen LogP contribution in [-0.2, 0) is 0 Å². The van der Waals surface area contributed by atoms with Crippen LogP contribution in [0.25, 0.3) is 0 Å². The number of hydrogen-bond acceptors (Lipinski definition) is 3. The minimum absolute atomic E-state index is 0.0626. The number of ketones is 1. The topological polar surface area (TPSA) is 17.1 Å². The van der Waals surface area contributed by atoms with Gasteiger partial charge in [-0.05, 0) is 72.4 Å². The maximum absolute atomic E-state index is 12.2. The Morgan fingerprint density at radius 1 is 1.12 bits per heavy atom. The summed E-state index contributed by atoms with van der Waals surface area (Å²) in [5.74, 6) is 0.0626. The lowest BCUT2D eigenvalue weighted by Gasteiger charge is -1.93. The molecule has 0 fully saturated rings. The van der Waals surface area contributed by atoms with Crippen molar-refractivity contribution in [2.45, 2.75) is 6.92 Å². The third-order valence-corrected chi connectivity index (χ3v) is 6.46. The van der Waals surface area contributed by atoms with Gasteiger partial charge in [0.2, 0.25) is 5.78 Å². The Bertz CT molecular complexity index is 537. The molecule has 2 rings (SSSR count). The lowest BCUT2D eigenvalue weighted by atomic mass is 10.2. The van der Waals surface area contributed by atoms with Crippen molar-refractivity contribution in [3.05, 3.63) is 39.5 Å². The van der Waals surface area contributed by atoms with Crippen LogP contribution in [-0.4, -0.2) is 5.78 Å². The number of thiophene rings is 2. The summed E-state index contributed by atoms with van der Waals surface area (Å²) < 4.78 is 2.84. The average molecular weight is 445 g/mol. The zero-order valence-electron chi connectivity index (χ0n) is 8.01. The van der Waals surface area contributed by atoms with Crippen molar-refractivity contribution in [1.29, 1.82) is 0 Å². The van der Waals surface area contributed by atoms with Crippen molar-refractivity contribution in [1.82, 2.24) is 0 Å². The zero-order valence-corrected chi connectivity index (χ0v) is 14.4. The highest BCUT2D eigenvalue weighted by atomic mass is 79.9. The average Bonchev–Trinajstić information content (AvgIpc) is 2.70. The second-order valence-corrected chi connectivity index (χ2v) is 9.25. The minimum atomic E-state index is 0.0626. The number of rotatable bonds is 2. The summed E-state index contributed by atoms with van der Waals surface area (Å²) in [7, 11) is 0. The van der Waals surface area contributed by atoms with Crippen LogP contribution in [0, 0.1) is 6.92 Å². The van der Waals surface area contributed by atoms with Crippen molar-refractivity contribution < 1.29 is 4.79 Å². The molecule has 1 nitrogen and oxygen atoms in total. The lowest BCUT2D eigenvalue weighted by molar-refractivity contribution is 0.104. The molecular weight excluding hydrogens is 440 g/mol. The van der Waals surface area contributed by atoms with Gasteiger partial charge in [-0.25, -0.2) is 0 Å². The molecule has 0 amide bonds. The predicted molar refractivity (Wildman–Crippen MR) is 79.9 cm³/mol. The van der Waals surface area contributed by atoms with E-state index in [0.717, 1.165) is 21.8 Å². The van der Waals surface area contributed by atoms with Gasteiger partial charge < -0.3 is 0 Å². The highest BCUT2D eigenvalue weighted by molar-refractivity contribution is 9.12. The van der Waals surface area contributed by atoms with E-state index in [-0.39, 0.29) is 5.78 Å². The van der Waals surface area contributed by atoms with Gasteiger partial charge in [0.25, 0.3) is 0 Å². The molecule has 6 heteroatoms. The molecule has 0 atom stereocenters. The molecule has 0 spiro atoms. The van der Waals surface area contributed by atoms with Crippen molar-refractivity contribution in [3.8, 4) is 0 Å². The Morgan fingerprint density at radius 3 is 2.25 bits per heavy atom. The number of carbonyl (C=O) groups excluding carboxylic acids is 1. The van der Waals surface area contributed by atoms with Crippen LogP contribution in [0.1, 0.15) is 20.8 Å². The van der Waals surface area contributed by atoms with Crippen molar-refractivity contribution in [2.24, 2.45) is 0 Å². The van der Waals surface area contributed by atoms with E-state index in [2.05, 4.69) is 47.8 Å². The largest absolute Gasteiger partial charge is 0.288 e. The molecule has 16 heavy (non-hydrogen) atoms. The molecule has 0 radical (unpaired) electrons. The molecule has 84 valence electrons. The first-order chi connectivity index (χ1) is 7.49. The minimum Gasteiger partial charge on any atom is -0.288 e. The second-order valence-electron chi connectivity index (χ2n) is 3.13. The van der Waals surface area contributed by atoms with Crippen LogP contribution in [0.15, 0.2) is 23.5 Å². The summed E-state index contributed by atoms with van der Waals surface area (Å²) in [6, 6.07) is 3.76. The van der Waals surface area contributed by atoms with E-state index in [1.807, 2.05) is 19.1 Å². The monoisotopic (exact) mass is 442 g/mol. The summed E-state index contributed by atoms with van der Waals surface area (Å²) in [4.78, 5) is 13.0. The van der Waals surface area contributed by atoms with E-state index in [9.17, 15) is 4.79 Å². The third-order valence-electron chi connectivity index (χ3n) is 1.98. The van der Waals surface area contributed by atoms with Gasteiger partial charge in [0.15, 0.2) is 0 Å². The first-order valence-electron chi connectivity index (χ1n) is 4.24. The first-order valence-corrected chi connectivity index (χ1v) is 8.25. The van der Waals surface area contributed by atoms with Gasteiger partial charge in [0, 0.05) is 5.56 Å². The first kappa shape index (κ1) is 13.0. The normalized spacial score (nSPS) is 10.8. The standard InChI is InChI=1S/C10H5Br3OS2/c1-4-2-6(15-9(4)12)8(14)5-3-7(11)16-10(5)13/h2-3H,1H3. The Labute approximate surface area is 126 Å². The lowest BCUT2D eigenvalue weighted by Crippen LogP contribution is -1.96. The van der Waals surface area contributed by atoms with Gasteiger partial charge in [-0.3, -0.25) is 4.79 Å². The van der Waals surface area contributed by atoms with Gasteiger partial charge in [-0.2, -0.15) is 0 Å². The molecule has 0 aliphatic carbocycles. The van der Waals surface area contributed by atoms with E-state index in [4.69, 9.17) is 0 Å². The smallest absolute Gasteiger partial charge is 0.205 e. The molecular formula is C10H5Br3OS2. The number of halogens is 3. The molecule has 0 unspecified atom stereocenters. The van der Waals surface area contributed by atoms with Gasteiger partial charge >= 0.3 is 0 Å². The quantitative estimate of drug-likeness (QED) is 0.548. The molecule has 0 aliphatic heterocycles. The molecule has 2 aromatic heterocycles. The second kappa shape index (κ2) is 5.02. The van der Waals surface area contributed by atoms with Crippen LogP contribution in [0.3, 0.4) is 0 Å². The summed E-state index contributed by atoms with van der Waals surface area (Å²) in [6.45, 7) is 1.98. The van der Waals surface area contributed by atoms with Gasteiger partial charge in [0.05, 0.1) is 16.2 Å². The molecule has 0 saturated heterocycles. The fourth-order valence-electron chi connectivity index (χ4n) is 1.20. The van der Waals surface area contributed by atoms with Gasteiger partial charge in [0.1, 0.15) is 0 Å². The number of hydrogen-bond donors (Lipinski definition) is 0. The maximum atomic E-state index is 12.2. The summed E-state index contributed by atoms with van der Waals surface area (Å²) >= 11 is 13.2. The Hall–Kier alpha value is 0.510. The van der Waals surface area contributed by atoms with E-state index in [1.54, 1.807) is 0 Å². The molecule has 0 aromatic carbocycles. The molecule has 0 saturated carbocycles. The van der Waals surface area contributed by atoms with Crippen LogP contribution in [0.4, 0.5) is 0 Å². The van der Waals surface area contributed by atoms with E-state index < -0.39 is 0 Å². The Kier molecular flexibility index (Phi) is 4.06. The van der Waals surface area contributed by atoms with Crippen molar-refractivity contribution in [2.75, 3.05) is 0 Å². The molecule has 2 aromatic rings. The number of aryl methyl sites for hydroxylation is 1. The van der Waals surface area contributed by atoms with Gasteiger partial charge in [-0.1, -0.05) is 0 Å². The van der Waals surface area contributed by atoms with Crippen molar-refractivity contribution >= 4 is 76.2 Å². The van der Waals surface area contributed by atoms with E-state index in [0.29, 0.717) is 5.56 Å². The highest BCUT2D eigenvalue weighted by Gasteiger charge is 2.18. The fourth-order valence-corrected chi connectivity index (χ4v) is 5.48. The van der Waals surface area contributed by atoms with Crippen LogP contribution >= 0.6 is 70.5 Å². The van der Waals surface area contributed by atoms with E-state index >= 15 is 0 Å². The highest BCUT2D eigenvalue weighted by Crippen LogP contribution is 2.35. The predicted octanol–water partition coefficient (Wildman–Crippen LogP) is 5.64. The zero-order chi connectivity index (χ0) is 11.9. The SMILES string of the molecule is Cc1cc(C(=O)c2cc(Br)sc2Br)sc1Br. The summed E-state index contributed by atoms with van der Waals surface area (Å²) in [5, 5.41) is 0. The number of carbonyl (C=O) groups is 1. The molecule has 0 aliphatic rings. The fraction of sp³-hybridized carbons (Fsp3) is 0.100. The van der Waals surface area contributed by atoms with Gasteiger partial charge in [-0.15, -0.1) is 22.7 Å². The molecule has 0 bridgehead atoms. The molecule has 0 N–H and O–H groups in total. The Morgan fingerprint density at radius 2 is 1.81 bits per heavy atom. The van der Waals surface area contributed by atoms with E-state index in [1.165, 1.54) is 22.7 Å². The van der Waals surface area contributed by atoms with Crippen LogP contribution in [0.2, 0.25) is 0 Å². The van der Waals surface area contributed by atoms with Crippen LogP contribution in [0.5, 0.6) is 0 Å². The Balaban J connectivity index is 2.42.